The van der Waals surface area contributed by atoms with Gasteiger partial charge in [0.05, 0.1) is 0 Å². The van der Waals surface area contributed by atoms with Crippen molar-refractivity contribution in [1.29, 1.82) is 0 Å². The summed E-state index contributed by atoms with van der Waals surface area (Å²) in [4.78, 5) is 15.6. The smallest absolute Gasteiger partial charge is 0.432 e. The molecule has 0 aliphatic carbocycles. The number of hydrogen-bond donors (Lipinski definition) is 2. The van der Waals surface area contributed by atoms with Crippen LogP contribution in [0.15, 0.2) is 24.3 Å². The highest BCUT2D eigenvalue weighted by atomic mass is 16.7. The second-order valence-electron chi connectivity index (χ2n) is 2.87. The fourth-order valence-electron chi connectivity index (χ4n) is 1.28. The first-order valence-corrected chi connectivity index (χ1v) is 4.13. The Morgan fingerprint density at radius 3 is 2.93 bits per heavy atom. The van der Waals surface area contributed by atoms with Crippen LogP contribution in [-0.2, 0) is 9.57 Å². The van der Waals surface area contributed by atoms with E-state index in [-0.39, 0.29) is 12.4 Å². The SMILES string of the molecule is O=C1NOCC(c2ccccc2O)O1. The van der Waals surface area contributed by atoms with Crippen LogP contribution in [-0.4, -0.2) is 17.8 Å². The Morgan fingerprint density at radius 1 is 1.43 bits per heavy atom. The van der Waals surface area contributed by atoms with Crippen molar-refractivity contribution in [3.63, 3.8) is 0 Å². The number of nitrogens with one attached hydrogen (secondary N) is 1. The summed E-state index contributed by atoms with van der Waals surface area (Å²) in [5.74, 6) is 0.0933. The Bertz CT molecular complexity index is 352. The predicted molar refractivity (Wildman–Crippen MR) is 46.4 cm³/mol. The molecule has 1 aromatic carbocycles. The minimum atomic E-state index is -0.649. The number of ether oxygens (including phenoxy) is 1. The summed E-state index contributed by atoms with van der Waals surface area (Å²) in [5.41, 5.74) is 2.60. The molecule has 0 radical (unpaired) electrons. The molecule has 1 unspecified atom stereocenters. The summed E-state index contributed by atoms with van der Waals surface area (Å²) in [6.45, 7) is 0.184. The third-order valence-corrected chi connectivity index (χ3v) is 1.92. The number of benzene rings is 1. The standard InChI is InChI=1S/C9H9NO4/c11-7-4-2-1-3-6(7)8-5-13-10-9(12)14-8/h1-4,8,11H,5H2,(H,10,12). The minimum absolute atomic E-state index is 0.0933. The quantitative estimate of drug-likeness (QED) is 0.704. The third kappa shape index (κ3) is 1.62. The van der Waals surface area contributed by atoms with Crippen LogP contribution in [0.4, 0.5) is 4.79 Å². The lowest BCUT2D eigenvalue weighted by Crippen LogP contribution is -2.35. The van der Waals surface area contributed by atoms with Gasteiger partial charge in [-0.1, -0.05) is 18.2 Å². The van der Waals surface area contributed by atoms with Gasteiger partial charge in [0.25, 0.3) is 0 Å². The molecular weight excluding hydrogens is 186 g/mol. The number of hydrogen-bond acceptors (Lipinski definition) is 4. The van der Waals surface area contributed by atoms with Crippen molar-refractivity contribution >= 4 is 6.09 Å². The van der Waals surface area contributed by atoms with E-state index in [1.807, 2.05) is 0 Å². The van der Waals surface area contributed by atoms with Crippen LogP contribution in [0.5, 0.6) is 5.75 Å². The number of carbonyl (C=O) groups is 1. The molecule has 14 heavy (non-hydrogen) atoms. The fraction of sp³-hybridized carbons (Fsp3) is 0.222. The maximum absolute atomic E-state index is 10.8. The first-order valence-electron chi connectivity index (χ1n) is 4.13. The average Bonchev–Trinajstić information content (AvgIpc) is 2.18. The second kappa shape index (κ2) is 3.55. The molecule has 1 amide bonds. The van der Waals surface area contributed by atoms with E-state index in [2.05, 4.69) is 5.48 Å². The molecule has 1 atom stereocenters. The van der Waals surface area contributed by atoms with Gasteiger partial charge < -0.3 is 9.84 Å². The van der Waals surface area contributed by atoms with E-state index in [9.17, 15) is 9.90 Å². The van der Waals surface area contributed by atoms with Gasteiger partial charge in [-0.05, 0) is 6.07 Å². The Balaban J connectivity index is 2.22. The lowest BCUT2D eigenvalue weighted by molar-refractivity contribution is -0.0749. The van der Waals surface area contributed by atoms with Crippen molar-refractivity contribution in [2.24, 2.45) is 0 Å². The van der Waals surface area contributed by atoms with Gasteiger partial charge in [-0.2, -0.15) is 5.48 Å². The summed E-state index contributed by atoms with van der Waals surface area (Å²) < 4.78 is 4.92. The Labute approximate surface area is 80.2 Å². The van der Waals surface area contributed by atoms with Gasteiger partial charge in [0.2, 0.25) is 0 Å². The largest absolute Gasteiger partial charge is 0.508 e. The van der Waals surface area contributed by atoms with E-state index in [4.69, 9.17) is 9.57 Å². The maximum atomic E-state index is 10.8. The number of carbonyl (C=O) groups excluding carboxylic acids is 1. The lowest BCUT2D eigenvalue weighted by atomic mass is 10.1. The summed E-state index contributed by atoms with van der Waals surface area (Å²) in [6.07, 6.45) is -1.20. The number of cyclic esters (lactones) is 1. The van der Waals surface area contributed by atoms with Gasteiger partial charge >= 0.3 is 6.09 Å². The van der Waals surface area contributed by atoms with E-state index >= 15 is 0 Å². The van der Waals surface area contributed by atoms with Crippen LogP contribution in [0.2, 0.25) is 0 Å². The molecule has 2 rings (SSSR count). The van der Waals surface area contributed by atoms with Crippen molar-refractivity contribution < 1.29 is 19.5 Å². The zero-order valence-corrected chi connectivity index (χ0v) is 7.27. The predicted octanol–water partition coefficient (Wildman–Crippen LogP) is 1.10. The highest BCUT2D eigenvalue weighted by Gasteiger charge is 2.24. The number of phenols is 1. The monoisotopic (exact) mass is 195 g/mol. The molecule has 1 aliphatic heterocycles. The Hall–Kier alpha value is -1.75. The number of amides is 1. The molecule has 1 aliphatic rings. The topological polar surface area (TPSA) is 67.8 Å². The highest BCUT2D eigenvalue weighted by molar-refractivity contribution is 5.66. The Morgan fingerprint density at radius 2 is 2.21 bits per heavy atom. The molecule has 74 valence electrons. The molecule has 5 nitrogen and oxygen atoms in total. The van der Waals surface area contributed by atoms with E-state index in [0.717, 1.165) is 0 Å². The minimum Gasteiger partial charge on any atom is -0.508 e. The van der Waals surface area contributed by atoms with Crippen molar-refractivity contribution in [3.8, 4) is 5.75 Å². The Kier molecular flexibility index (Phi) is 2.24. The van der Waals surface area contributed by atoms with Crippen LogP contribution in [0.25, 0.3) is 0 Å². The number of para-hydroxylation sites is 1. The molecule has 0 spiro atoms. The van der Waals surface area contributed by atoms with Gasteiger partial charge in [-0.15, -0.1) is 0 Å². The van der Waals surface area contributed by atoms with Crippen LogP contribution >= 0.6 is 0 Å². The van der Waals surface area contributed by atoms with Gasteiger partial charge in [0.1, 0.15) is 12.4 Å². The van der Waals surface area contributed by atoms with Crippen LogP contribution in [0, 0.1) is 0 Å². The molecule has 5 heteroatoms. The molecule has 1 saturated heterocycles. The van der Waals surface area contributed by atoms with Crippen molar-refractivity contribution in [1.82, 2.24) is 5.48 Å². The van der Waals surface area contributed by atoms with Crippen molar-refractivity contribution in [2.45, 2.75) is 6.10 Å². The summed E-state index contributed by atoms with van der Waals surface area (Å²) in [5, 5.41) is 9.48. The number of hydroxylamine groups is 1. The highest BCUT2D eigenvalue weighted by Crippen LogP contribution is 2.27. The van der Waals surface area contributed by atoms with Crippen molar-refractivity contribution in [2.75, 3.05) is 6.61 Å². The average molecular weight is 195 g/mol. The molecule has 0 aromatic heterocycles. The zero-order chi connectivity index (χ0) is 9.97. The summed E-state index contributed by atoms with van der Waals surface area (Å²) >= 11 is 0. The molecular formula is C9H9NO4. The maximum Gasteiger partial charge on any atom is 0.432 e. The van der Waals surface area contributed by atoms with Crippen LogP contribution in [0.1, 0.15) is 11.7 Å². The van der Waals surface area contributed by atoms with Crippen LogP contribution < -0.4 is 5.48 Å². The van der Waals surface area contributed by atoms with E-state index in [0.29, 0.717) is 5.56 Å². The van der Waals surface area contributed by atoms with E-state index in [1.165, 1.54) is 6.07 Å². The number of phenolic OH excluding ortho intramolecular Hbond substituents is 1. The molecule has 1 fully saturated rings. The zero-order valence-electron chi connectivity index (χ0n) is 7.27. The molecule has 2 N–H and O–H groups in total. The fourth-order valence-corrected chi connectivity index (χ4v) is 1.28. The first-order chi connectivity index (χ1) is 6.77. The van der Waals surface area contributed by atoms with Gasteiger partial charge in [-0.3, -0.25) is 4.84 Å². The molecule has 1 heterocycles. The number of aromatic hydroxyl groups is 1. The van der Waals surface area contributed by atoms with Crippen molar-refractivity contribution in [3.05, 3.63) is 29.8 Å². The van der Waals surface area contributed by atoms with Gasteiger partial charge in [-0.25, -0.2) is 4.79 Å². The lowest BCUT2D eigenvalue weighted by Gasteiger charge is -2.23. The molecule has 1 aromatic rings. The van der Waals surface area contributed by atoms with Gasteiger partial charge in [0.15, 0.2) is 6.10 Å². The summed E-state index contributed by atoms with van der Waals surface area (Å²) in [6, 6.07) is 6.67. The molecule has 0 bridgehead atoms. The van der Waals surface area contributed by atoms with Crippen LogP contribution in [0.3, 0.4) is 0 Å². The number of rotatable bonds is 1. The summed E-state index contributed by atoms with van der Waals surface area (Å²) in [7, 11) is 0. The second-order valence-corrected chi connectivity index (χ2v) is 2.87. The normalized spacial score (nSPS) is 21.1. The van der Waals surface area contributed by atoms with Gasteiger partial charge in [0, 0.05) is 5.56 Å². The van der Waals surface area contributed by atoms with E-state index < -0.39 is 12.2 Å². The third-order valence-electron chi connectivity index (χ3n) is 1.92. The first kappa shape index (κ1) is 8.83. The molecule has 0 saturated carbocycles. The van der Waals surface area contributed by atoms with E-state index in [1.54, 1.807) is 18.2 Å².